The summed E-state index contributed by atoms with van der Waals surface area (Å²) in [5.74, 6) is 0. The van der Waals surface area contributed by atoms with E-state index in [-0.39, 0.29) is 0 Å². The van der Waals surface area contributed by atoms with Crippen molar-refractivity contribution in [1.29, 1.82) is 0 Å². The molecule has 1 fully saturated rings. The van der Waals surface area contributed by atoms with Crippen LogP contribution in [0.2, 0.25) is 0 Å². The van der Waals surface area contributed by atoms with E-state index in [0.29, 0.717) is 0 Å². The minimum absolute atomic E-state index is 0.767. The molecule has 90 valence electrons. The van der Waals surface area contributed by atoms with Gasteiger partial charge in [0.25, 0.3) is 0 Å². The Bertz CT molecular complexity index is 147. The van der Waals surface area contributed by atoms with Crippen LogP contribution < -0.4 is 5.32 Å². The van der Waals surface area contributed by atoms with Crippen molar-refractivity contribution in [3.63, 3.8) is 0 Å². The van der Waals surface area contributed by atoms with Gasteiger partial charge in [-0.2, -0.15) is 0 Å². The minimum Gasteiger partial charge on any atom is -0.385 e. The van der Waals surface area contributed by atoms with E-state index in [1.807, 2.05) is 0 Å². The zero-order valence-corrected chi connectivity index (χ0v) is 10.3. The van der Waals surface area contributed by atoms with Gasteiger partial charge in [-0.1, -0.05) is 6.42 Å². The lowest BCUT2D eigenvalue weighted by Crippen LogP contribution is -2.37. The van der Waals surface area contributed by atoms with Crippen molar-refractivity contribution >= 4 is 0 Å². The molecule has 0 aliphatic carbocycles. The molecule has 3 heteroatoms. The molecule has 1 N–H and O–H groups in total. The molecule has 1 heterocycles. The van der Waals surface area contributed by atoms with Gasteiger partial charge in [-0.15, -0.1) is 0 Å². The third-order valence-electron chi connectivity index (χ3n) is 3.16. The highest BCUT2D eigenvalue weighted by atomic mass is 16.5. The van der Waals surface area contributed by atoms with Gasteiger partial charge in [-0.3, -0.25) is 0 Å². The first kappa shape index (κ1) is 12.9. The van der Waals surface area contributed by atoms with Gasteiger partial charge in [-0.05, 0) is 45.8 Å². The number of nitrogens with zero attached hydrogens (tertiary/aromatic N) is 1. The minimum atomic E-state index is 0.767. The summed E-state index contributed by atoms with van der Waals surface area (Å²) in [7, 11) is 3.98. The summed E-state index contributed by atoms with van der Waals surface area (Å²) in [5.41, 5.74) is 0. The molecule has 0 saturated carbocycles. The number of hydrogen-bond donors (Lipinski definition) is 1. The van der Waals surface area contributed by atoms with E-state index in [4.69, 9.17) is 4.74 Å². The van der Waals surface area contributed by atoms with Crippen molar-refractivity contribution < 1.29 is 4.74 Å². The zero-order chi connectivity index (χ0) is 10.9. The molecular weight excluding hydrogens is 188 g/mol. The fourth-order valence-electron chi connectivity index (χ4n) is 2.14. The molecule has 0 spiro atoms. The first-order chi connectivity index (χ1) is 7.33. The Morgan fingerprint density at radius 2 is 2.20 bits per heavy atom. The Hall–Kier alpha value is -0.120. The monoisotopic (exact) mass is 214 g/mol. The second kappa shape index (κ2) is 8.08. The van der Waals surface area contributed by atoms with E-state index in [1.165, 1.54) is 38.8 Å². The van der Waals surface area contributed by atoms with E-state index in [2.05, 4.69) is 17.3 Å². The quantitative estimate of drug-likeness (QED) is 0.650. The van der Waals surface area contributed by atoms with Crippen LogP contribution in [0.15, 0.2) is 0 Å². The number of ether oxygens (including phenoxy) is 1. The maximum atomic E-state index is 5.05. The summed E-state index contributed by atoms with van der Waals surface area (Å²) in [4.78, 5) is 2.41. The molecule has 0 amide bonds. The van der Waals surface area contributed by atoms with Crippen molar-refractivity contribution in [3.8, 4) is 0 Å². The van der Waals surface area contributed by atoms with Crippen LogP contribution >= 0.6 is 0 Å². The fourth-order valence-corrected chi connectivity index (χ4v) is 2.14. The van der Waals surface area contributed by atoms with Crippen molar-refractivity contribution in [2.24, 2.45) is 0 Å². The molecule has 1 aliphatic heterocycles. The number of hydrogen-bond acceptors (Lipinski definition) is 3. The maximum Gasteiger partial charge on any atom is 0.0474 e. The average Bonchev–Trinajstić information content (AvgIpc) is 2.28. The number of rotatable bonds is 7. The summed E-state index contributed by atoms with van der Waals surface area (Å²) >= 11 is 0. The lowest BCUT2D eigenvalue weighted by Gasteiger charge is -2.25. The molecule has 1 aliphatic rings. The van der Waals surface area contributed by atoms with Gasteiger partial charge in [-0.25, -0.2) is 0 Å². The van der Waals surface area contributed by atoms with E-state index >= 15 is 0 Å². The highest BCUT2D eigenvalue weighted by Gasteiger charge is 2.12. The lowest BCUT2D eigenvalue weighted by molar-refractivity contribution is 0.177. The summed E-state index contributed by atoms with van der Waals surface area (Å²) in [6.07, 6.45) is 6.58. The van der Waals surface area contributed by atoms with Gasteiger partial charge in [0.15, 0.2) is 0 Å². The normalized spacial score (nSPS) is 22.2. The Kier molecular flexibility index (Phi) is 6.98. The van der Waals surface area contributed by atoms with Crippen LogP contribution in [0.3, 0.4) is 0 Å². The van der Waals surface area contributed by atoms with Crippen LogP contribution in [0.25, 0.3) is 0 Å². The molecule has 1 saturated heterocycles. The summed E-state index contributed by atoms with van der Waals surface area (Å²) in [5, 5.41) is 3.59. The first-order valence-electron chi connectivity index (χ1n) is 6.24. The zero-order valence-electron chi connectivity index (χ0n) is 10.3. The molecule has 1 atom stereocenters. The average molecular weight is 214 g/mol. The van der Waals surface area contributed by atoms with Gasteiger partial charge < -0.3 is 15.0 Å². The molecule has 15 heavy (non-hydrogen) atoms. The fraction of sp³-hybridized carbons (Fsp3) is 1.00. The molecule has 1 rings (SSSR count). The van der Waals surface area contributed by atoms with E-state index < -0.39 is 0 Å². The predicted octanol–water partition coefficient (Wildman–Crippen LogP) is 1.49. The largest absolute Gasteiger partial charge is 0.385 e. The summed E-state index contributed by atoms with van der Waals surface area (Å²) in [6.45, 7) is 4.46. The number of nitrogens with one attached hydrogen (secondary N) is 1. The molecule has 0 bridgehead atoms. The third-order valence-corrected chi connectivity index (χ3v) is 3.16. The van der Waals surface area contributed by atoms with Crippen molar-refractivity contribution in [3.05, 3.63) is 0 Å². The number of methoxy groups -OCH3 is 1. The third kappa shape index (κ3) is 6.13. The van der Waals surface area contributed by atoms with Gasteiger partial charge in [0.1, 0.15) is 0 Å². The van der Waals surface area contributed by atoms with Crippen molar-refractivity contribution in [2.75, 3.05) is 40.4 Å². The van der Waals surface area contributed by atoms with Crippen LogP contribution in [0.1, 0.15) is 32.1 Å². The molecular formula is C12H26N2O. The second-order valence-electron chi connectivity index (χ2n) is 4.59. The summed E-state index contributed by atoms with van der Waals surface area (Å²) in [6, 6.07) is 0.767. The van der Waals surface area contributed by atoms with E-state index in [1.54, 1.807) is 7.11 Å². The highest BCUT2D eigenvalue weighted by molar-refractivity contribution is 4.73. The smallest absolute Gasteiger partial charge is 0.0474 e. The van der Waals surface area contributed by atoms with E-state index in [9.17, 15) is 0 Å². The van der Waals surface area contributed by atoms with Crippen LogP contribution in [0.5, 0.6) is 0 Å². The standard InChI is InChI=1S/C12H26N2O/c1-14(9-5-11-15-2)10-7-12-6-3-4-8-13-12/h12-13H,3-11H2,1-2H3. The first-order valence-corrected chi connectivity index (χ1v) is 6.24. The van der Waals surface area contributed by atoms with Gasteiger partial charge in [0.2, 0.25) is 0 Å². The Morgan fingerprint density at radius 1 is 1.33 bits per heavy atom. The van der Waals surface area contributed by atoms with Crippen LogP contribution in [-0.2, 0) is 4.74 Å². The van der Waals surface area contributed by atoms with Crippen LogP contribution in [-0.4, -0.2) is 51.3 Å². The Balaban J connectivity index is 1.97. The van der Waals surface area contributed by atoms with Crippen LogP contribution in [0, 0.1) is 0 Å². The van der Waals surface area contributed by atoms with Gasteiger partial charge in [0.05, 0.1) is 0 Å². The SMILES string of the molecule is COCCCN(C)CCC1CCCCN1. The Morgan fingerprint density at radius 3 is 2.87 bits per heavy atom. The van der Waals surface area contributed by atoms with Crippen molar-refractivity contribution in [2.45, 2.75) is 38.1 Å². The second-order valence-corrected chi connectivity index (χ2v) is 4.59. The molecule has 3 nitrogen and oxygen atoms in total. The molecule has 0 aromatic rings. The molecule has 0 radical (unpaired) electrons. The number of piperidine rings is 1. The molecule has 1 unspecified atom stereocenters. The molecule has 0 aromatic heterocycles. The highest BCUT2D eigenvalue weighted by Crippen LogP contribution is 2.10. The van der Waals surface area contributed by atoms with E-state index in [0.717, 1.165) is 25.6 Å². The van der Waals surface area contributed by atoms with Crippen molar-refractivity contribution in [1.82, 2.24) is 10.2 Å². The maximum absolute atomic E-state index is 5.05. The topological polar surface area (TPSA) is 24.5 Å². The lowest BCUT2D eigenvalue weighted by atomic mass is 10.0. The Labute approximate surface area is 94.2 Å². The van der Waals surface area contributed by atoms with Gasteiger partial charge in [0, 0.05) is 26.3 Å². The van der Waals surface area contributed by atoms with Gasteiger partial charge >= 0.3 is 0 Å². The predicted molar refractivity (Wildman–Crippen MR) is 64.2 cm³/mol. The molecule has 0 aromatic carbocycles. The van der Waals surface area contributed by atoms with Crippen LogP contribution in [0.4, 0.5) is 0 Å². The summed E-state index contributed by atoms with van der Waals surface area (Å²) < 4.78 is 5.05.